The number of ether oxygens (including phenoxy) is 2. The van der Waals surface area contributed by atoms with Crippen molar-refractivity contribution in [3.8, 4) is 5.75 Å². The maximum atomic E-state index is 13.2. The summed E-state index contributed by atoms with van der Waals surface area (Å²) in [4.78, 5) is 41.0. The lowest BCUT2D eigenvalue weighted by Crippen LogP contribution is -2.61. The standard InChI is InChI=1S/C22H24F3N7O4/c1-30-10-12(22(23,24)25)7-13(20(30)33)28-21(34)32-5-6-36-16-11-31(4-3-14(16)32)17-9-27-19-18(29-17)15(35-2)8-26-19/h7-10,14,16H,3-6,11H2,1-2H3,(H,26,27)(H,28,34). The first-order valence-electron chi connectivity index (χ1n) is 11.3. The molecule has 2 aliphatic heterocycles. The Bertz CT molecular complexity index is 1360. The topological polar surface area (TPSA) is 118 Å². The Balaban J connectivity index is 1.32. The third kappa shape index (κ3) is 4.32. The van der Waals surface area contributed by atoms with Crippen molar-refractivity contribution >= 4 is 28.7 Å². The van der Waals surface area contributed by atoms with Gasteiger partial charge in [0.1, 0.15) is 11.5 Å². The van der Waals surface area contributed by atoms with Crippen LogP contribution in [0.25, 0.3) is 11.2 Å². The van der Waals surface area contributed by atoms with Gasteiger partial charge in [-0.3, -0.25) is 4.79 Å². The number of piperidine rings is 1. The summed E-state index contributed by atoms with van der Waals surface area (Å²) in [6, 6.07) is -0.301. The Morgan fingerprint density at radius 2 is 2.14 bits per heavy atom. The number of aryl methyl sites for hydroxylation is 1. The van der Waals surface area contributed by atoms with Crippen molar-refractivity contribution in [3.63, 3.8) is 0 Å². The smallest absolute Gasteiger partial charge is 0.417 e. The van der Waals surface area contributed by atoms with E-state index in [-0.39, 0.29) is 25.3 Å². The molecule has 0 radical (unpaired) electrons. The van der Waals surface area contributed by atoms with Crippen LogP contribution in [0.1, 0.15) is 12.0 Å². The molecule has 2 N–H and O–H groups in total. The normalized spacial score (nSPS) is 20.4. The number of nitrogens with zero attached hydrogens (tertiary/aromatic N) is 5. The number of urea groups is 1. The average Bonchev–Trinajstić information content (AvgIpc) is 3.27. The van der Waals surface area contributed by atoms with Gasteiger partial charge < -0.3 is 34.1 Å². The molecule has 3 aromatic heterocycles. The largest absolute Gasteiger partial charge is 0.493 e. The number of alkyl halides is 3. The van der Waals surface area contributed by atoms with E-state index in [1.807, 2.05) is 4.90 Å². The van der Waals surface area contributed by atoms with Crippen LogP contribution in [0.4, 0.5) is 29.5 Å². The molecule has 3 aromatic rings. The number of carbonyl (C=O) groups excluding carboxylic acids is 1. The van der Waals surface area contributed by atoms with E-state index in [1.165, 1.54) is 11.9 Å². The molecule has 0 aliphatic carbocycles. The van der Waals surface area contributed by atoms with Gasteiger partial charge in [-0.25, -0.2) is 14.8 Å². The number of aromatic nitrogens is 4. The third-order valence-electron chi connectivity index (χ3n) is 6.48. The quantitative estimate of drug-likeness (QED) is 0.558. The van der Waals surface area contributed by atoms with E-state index in [2.05, 4.69) is 20.3 Å². The SMILES string of the molecule is COc1c[nH]c2ncc(N3CCC4C(C3)OCCN4C(=O)Nc3cc(C(F)(F)F)cn(C)c3=O)nc12. The van der Waals surface area contributed by atoms with Gasteiger partial charge in [-0.05, 0) is 12.5 Å². The number of morpholine rings is 1. The number of nitrogens with one attached hydrogen (secondary N) is 2. The summed E-state index contributed by atoms with van der Waals surface area (Å²) in [5.74, 6) is 1.21. The fourth-order valence-corrected chi connectivity index (χ4v) is 4.66. The van der Waals surface area contributed by atoms with E-state index >= 15 is 0 Å². The fourth-order valence-electron chi connectivity index (χ4n) is 4.66. The Labute approximate surface area is 202 Å². The molecule has 2 amide bonds. The number of halogens is 3. The van der Waals surface area contributed by atoms with Crippen LogP contribution in [0.15, 0.2) is 29.5 Å². The Morgan fingerprint density at radius 1 is 1.33 bits per heavy atom. The molecule has 0 bridgehead atoms. The molecule has 11 nitrogen and oxygen atoms in total. The molecule has 2 unspecified atom stereocenters. The first kappa shape index (κ1) is 23.9. The van der Waals surface area contributed by atoms with Gasteiger partial charge >= 0.3 is 12.2 Å². The monoisotopic (exact) mass is 507 g/mol. The minimum absolute atomic E-state index is 0.249. The van der Waals surface area contributed by atoms with Crippen LogP contribution < -0.4 is 20.5 Å². The molecule has 0 spiro atoms. The Kier molecular flexibility index (Phi) is 5.98. The van der Waals surface area contributed by atoms with Gasteiger partial charge in [0.2, 0.25) is 0 Å². The van der Waals surface area contributed by atoms with Crippen LogP contribution in [0.2, 0.25) is 0 Å². The van der Waals surface area contributed by atoms with Gasteiger partial charge in [0.05, 0.1) is 37.6 Å². The molecule has 5 rings (SSSR count). The molecule has 0 saturated carbocycles. The number of aromatic amines is 1. The van der Waals surface area contributed by atoms with E-state index in [0.717, 1.165) is 4.57 Å². The van der Waals surface area contributed by atoms with Crippen molar-refractivity contribution in [1.29, 1.82) is 0 Å². The summed E-state index contributed by atoms with van der Waals surface area (Å²) in [6.45, 7) is 1.48. The lowest BCUT2D eigenvalue weighted by atomic mass is 9.98. The van der Waals surface area contributed by atoms with Gasteiger partial charge in [-0.2, -0.15) is 13.2 Å². The molecule has 2 saturated heterocycles. The second-order valence-corrected chi connectivity index (χ2v) is 8.67. The molecular formula is C22H24F3N7O4. The average molecular weight is 507 g/mol. The van der Waals surface area contributed by atoms with Gasteiger partial charge in [0.25, 0.3) is 5.56 Å². The fraction of sp³-hybridized carbons (Fsp3) is 0.455. The molecule has 192 valence electrons. The first-order valence-corrected chi connectivity index (χ1v) is 11.3. The zero-order chi connectivity index (χ0) is 25.6. The zero-order valence-electron chi connectivity index (χ0n) is 19.5. The van der Waals surface area contributed by atoms with Gasteiger partial charge in [0.15, 0.2) is 16.9 Å². The maximum Gasteiger partial charge on any atom is 0.417 e. The van der Waals surface area contributed by atoms with Crippen molar-refractivity contribution in [3.05, 3.63) is 40.6 Å². The number of methoxy groups -OCH3 is 1. The molecule has 36 heavy (non-hydrogen) atoms. The third-order valence-corrected chi connectivity index (χ3v) is 6.48. The molecule has 14 heteroatoms. The van der Waals surface area contributed by atoms with E-state index in [9.17, 15) is 22.8 Å². The predicted molar refractivity (Wildman–Crippen MR) is 123 cm³/mol. The summed E-state index contributed by atoms with van der Waals surface area (Å²) in [7, 11) is 2.75. The van der Waals surface area contributed by atoms with Crippen LogP contribution in [0, 0.1) is 0 Å². The second kappa shape index (κ2) is 9.00. The number of hydrogen-bond donors (Lipinski definition) is 2. The van der Waals surface area contributed by atoms with Crippen molar-refractivity contribution in [1.82, 2.24) is 24.4 Å². The van der Waals surface area contributed by atoms with Crippen LogP contribution in [0.3, 0.4) is 0 Å². The lowest BCUT2D eigenvalue weighted by Gasteiger charge is -2.46. The van der Waals surface area contributed by atoms with Crippen LogP contribution in [0.5, 0.6) is 5.75 Å². The number of rotatable bonds is 3. The number of fused-ring (bicyclic) bond motifs is 2. The van der Waals surface area contributed by atoms with Crippen molar-refractivity contribution in [2.45, 2.75) is 24.7 Å². The Morgan fingerprint density at radius 3 is 2.89 bits per heavy atom. The molecular weight excluding hydrogens is 483 g/mol. The molecule has 5 heterocycles. The van der Waals surface area contributed by atoms with Gasteiger partial charge in [0, 0.05) is 39.1 Å². The zero-order valence-corrected chi connectivity index (χ0v) is 19.5. The number of pyridine rings is 1. The van der Waals surface area contributed by atoms with Crippen molar-refractivity contribution in [2.75, 3.05) is 43.6 Å². The highest BCUT2D eigenvalue weighted by Gasteiger charge is 2.40. The molecule has 2 atom stereocenters. The number of amides is 2. The molecule has 2 fully saturated rings. The van der Waals surface area contributed by atoms with Crippen molar-refractivity contribution < 1.29 is 27.4 Å². The van der Waals surface area contributed by atoms with Gasteiger partial charge in [-0.1, -0.05) is 0 Å². The first-order chi connectivity index (χ1) is 17.2. The van der Waals surface area contributed by atoms with E-state index in [0.29, 0.717) is 54.5 Å². The number of hydrogen-bond acceptors (Lipinski definition) is 7. The van der Waals surface area contributed by atoms with Crippen molar-refractivity contribution in [2.24, 2.45) is 7.05 Å². The summed E-state index contributed by atoms with van der Waals surface area (Å²) in [5, 5.41) is 2.38. The number of carbonyl (C=O) groups is 1. The molecule has 2 aliphatic rings. The Hall–Kier alpha value is -3.81. The van der Waals surface area contributed by atoms with E-state index in [1.54, 1.807) is 19.5 Å². The maximum absolute atomic E-state index is 13.2. The van der Waals surface area contributed by atoms with E-state index in [4.69, 9.17) is 9.47 Å². The summed E-state index contributed by atoms with van der Waals surface area (Å²) < 4.78 is 51.7. The lowest BCUT2D eigenvalue weighted by molar-refractivity contribution is -0.138. The number of H-pyrrole nitrogens is 1. The highest BCUT2D eigenvalue weighted by Crippen LogP contribution is 2.31. The molecule has 0 aromatic carbocycles. The summed E-state index contributed by atoms with van der Waals surface area (Å²) >= 11 is 0. The minimum Gasteiger partial charge on any atom is -0.493 e. The van der Waals surface area contributed by atoms with Crippen LogP contribution in [-0.2, 0) is 18.0 Å². The highest BCUT2D eigenvalue weighted by atomic mass is 19.4. The van der Waals surface area contributed by atoms with Crippen LogP contribution in [-0.4, -0.2) is 75.9 Å². The van der Waals surface area contributed by atoms with Crippen LogP contribution >= 0.6 is 0 Å². The minimum atomic E-state index is -4.65. The number of anilines is 2. The predicted octanol–water partition coefficient (Wildman–Crippen LogP) is 2.20. The summed E-state index contributed by atoms with van der Waals surface area (Å²) in [5.41, 5.74) is -0.981. The highest BCUT2D eigenvalue weighted by molar-refractivity contribution is 5.89. The van der Waals surface area contributed by atoms with E-state index < -0.39 is 29.0 Å². The second-order valence-electron chi connectivity index (χ2n) is 8.67. The summed E-state index contributed by atoms with van der Waals surface area (Å²) in [6.07, 6.45) is -0.454. The van der Waals surface area contributed by atoms with Gasteiger partial charge in [-0.15, -0.1) is 0 Å².